The molecule has 0 unspecified atom stereocenters. The molecule has 1 heterocycles. The summed E-state index contributed by atoms with van der Waals surface area (Å²) in [6.45, 7) is -0.231. The first-order valence-corrected chi connectivity index (χ1v) is 8.75. The Hall–Kier alpha value is -3.65. The monoisotopic (exact) mass is 395 g/mol. The van der Waals surface area contributed by atoms with Crippen molar-refractivity contribution in [3.05, 3.63) is 78.8 Å². The van der Waals surface area contributed by atoms with Crippen molar-refractivity contribution in [1.82, 2.24) is 16.2 Å². The Kier molecular flexibility index (Phi) is 6.37. The van der Waals surface area contributed by atoms with Crippen LogP contribution < -0.4 is 20.9 Å². The van der Waals surface area contributed by atoms with Crippen LogP contribution in [-0.4, -0.2) is 23.5 Å². The topological polar surface area (TPSA) is 92.6 Å². The maximum atomic E-state index is 12.0. The lowest BCUT2D eigenvalue weighted by atomic mass is 10.1. The first kappa shape index (κ1) is 19.1. The summed E-state index contributed by atoms with van der Waals surface area (Å²) in [6.07, 6.45) is 1.37. The van der Waals surface area contributed by atoms with E-state index in [4.69, 9.17) is 21.4 Å². The van der Waals surface area contributed by atoms with Gasteiger partial charge in [0, 0.05) is 5.56 Å². The van der Waals surface area contributed by atoms with Gasteiger partial charge in [0.25, 0.3) is 11.8 Å². The summed E-state index contributed by atoms with van der Waals surface area (Å²) in [5, 5.41) is 2.30. The number of hydrogen-bond acceptors (Lipinski definition) is 5. The highest BCUT2D eigenvalue weighted by Gasteiger charge is 2.11. The van der Waals surface area contributed by atoms with Gasteiger partial charge in [0.05, 0.1) is 6.26 Å². The van der Waals surface area contributed by atoms with E-state index in [2.05, 4.69) is 16.2 Å². The number of ether oxygens (including phenoxy) is 1. The number of amides is 2. The van der Waals surface area contributed by atoms with Crippen LogP contribution in [0.4, 0.5) is 0 Å². The average molecular weight is 395 g/mol. The van der Waals surface area contributed by atoms with Crippen LogP contribution in [-0.2, 0) is 4.79 Å². The Morgan fingerprint density at radius 3 is 2.43 bits per heavy atom. The second-order valence-electron chi connectivity index (χ2n) is 5.58. The average Bonchev–Trinajstić information content (AvgIpc) is 3.27. The van der Waals surface area contributed by atoms with E-state index in [0.29, 0.717) is 5.75 Å². The number of benzene rings is 2. The molecule has 1 aromatic heterocycles. The minimum Gasteiger partial charge on any atom is -0.483 e. The van der Waals surface area contributed by atoms with Gasteiger partial charge in [-0.2, -0.15) is 0 Å². The van der Waals surface area contributed by atoms with Crippen molar-refractivity contribution in [2.45, 2.75) is 0 Å². The molecular formula is C20H17N3O4S. The van der Waals surface area contributed by atoms with E-state index in [1.165, 1.54) is 12.3 Å². The molecule has 0 aliphatic rings. The normalized spacial score (nSPS) is 10.0. The fourth-order valence-electron chi connectivity index (χ4n) is 2.36. The SMILES string of the molecule is O=C(COc1ccccc1-c1ccccc1)NNC(=S)NC(=O)c1ccco1. The lowest BCUT2D eigenvalue weighted by molar-refractivity contribution is -0.123. The van der Waals surface area contributed by atoms with Crippen molar-refractivity contribution in [2.75, 3.05) is 6.61 Å². The van der Waals surface area contributed by atoms with Crippen molar-refractivity contribution in [3.63, 3.8) is 0 Å². The van der Waals surface area contributed by atoms with Crippen LogP contribution in [0.1, 0.15) is 10.6 Å². The number of nitrogens with one attached hydrogen (secondary N) is 3. The van der Waals surface area contributed by atoms with Crippen LogP contribution in [0.15, 0.2) is 77.4 Å². The van der Waals surface area contributed by atoms with Crippen molar-refractivity contribution in [1.29, 1.82) is 0 Å². The van der Waals surface area contributed by atoms with E-state index in [1.807, 2.05) is 48.5 Å². The molecule has 8 heteroatoms. The van der Waals surface area contributed by atoms with Gasteiger partial charge in [0.2, 0.25) is 0 Å². The van der Waals surface area contributed by atoms with Crippen LogP contribution in [0.25, 0.3) is 11.1 Å². The lowest BCUT2D eigenvalue weighted by Crippen LogP contribution is -2.49. The molecular weight excluding hydrogens is 378 g/mol. The van der Waals surface area contributed by atoms with Gasteiger partial charge in [-0.05, 0) is 36.0 Å². The second-order valence-corrected chi connectivity index (χ2v) is 5.99. The standard InChI is InChI=1S/C20H17N3O4S/c24-18(22-23-20(28)21-19(25)17-11-6-12-26-17)13-27-16-10-5-4-9-15(16)14-7-2-1-3-8-14/h1-12H,13H2,(H,22,24)(H2,21,23,25,28). The third kappa shape index (κ3) is 5.18. The van der Waals surface area contributed by atoms with E-state index in [1.54, 1.807) is 12.1 Å². The summed E-state index contributed by atoms with van der Waals surface area (Å²) in [4.78, 5) is 23.8. The van der Waals surface area contributed by atoms with Gasteiger partial charge in [-0.3, -0.25) is 25.8 Å². The molecule has 0 atom stereocenters. The molecule has 3 N–H and O–H groups in total. The predicted octanol–water partition coefficient (Wildman–Crippen LogP) is 2.66. The zero-order chi connectivity index (χ0) is 19.8. The van der Waals surface area contributed by atoms with Crippen LogP contribution >= 0.6 is 12.2 Å². The number of thiocarbonyl (C=S) groups is 1. The first-order chi connectivity index (χ1) is 13.6. The van der Waals surface area contributed by atoms with E-state index in [0.717, 1.165) is 11.1 Å². The number of carbonyl (C=O) groups is 2. The molecule has 0 bridgehead atoms. The minimum absolute atomic E-state index is 0.0700. The zero-order valence-corrected chi connectivity index (χ0v) is 15.5. The largest absolute Gasteiger partial charge is 0.483 e. The Labute approximate surface area is 166 Å². The molecule has 7 nitrogen and oxygen atoms in total. The van der Waals surface area contributed by atoms with Gasteiger partial charge in [-0.25, -0.2) is 0 Å². The van der Waals surface area contributed by atoms with Crippen molar-refractivity contribution in [3.8, 4) is 16.9 Å². The third-order valence-electron chi connectivity index (χ3n) is 3.62. The number of carbonyl (C=O) groups excluding carboxylic acids is 2. The lowest BCUT2D eigenvalue weighted by Gasteiger charge is -2.13. The number of hydrogen-bond donors (Lipinski definition) is 3. The maximum absolute atomic E-state index is 12.0. The molecule has 0 spiro atoms. The number of furan rings is 1. The van der Waals surface area contributed by atoms with Gasteiger partial charge in [-0.1, -0.05) is 48.5 Å². The van der Waals surface area contributed by atoms with Gasteiger partial charge in [0.1, 0.15) is 5.75 Å². The van der Waals surface area contributed by atoms with Crippen LogP contribution in [0.5, 0.6) is 5.75 Å². The number of hydrazine groups is 1. The van der Waals surface area contributed by atoms with E-state index in [9.17, 15) is 9.59 Å². The highest BCUT2D eigenvalue weighted by Crippen LogP contribution is 2.29. The Morgan fingerprint density at radius 1 is 0.929 bits per heavy atom. The minimum atomic E-state index is -0.523. The molecule has 2 aromatic carbocycles. The smallest absolute Gasteiger partial charge is 0.293 e. The fourth-order valence-corrected chi connectivity index (χ4v) is 2.50. The maximum Gasteiger partial charge on any atom is 0.293 e. The summed E-state index contributed by atoms with van der Waals surface area (Å²) >= 11 is 4.94. The molecule has 2 amide bonds. The molecule has 0 saturated heterocycles. The summed E-state index contributed by atoms with van der Waals surface area (Å²) in [5.74, 6) is -0.295. The molecule has 142 valence electrons. The summed E-state index contributed by atoms with van der Waals surface area (Å²) < 4.78 is 10.6. The second kappa shape index (κ2) is 9.33. The number of para-hydroxylation sites is 1. The van der Waals surface area contributed by atoms with Gasteiger partial charge >= 0.3 is 0 Å². The van der Waals surface area contributed by atoms with Crippen LogP contribution in [0, 0.1) is 0 Å². The highest BCUT2D eigenvalue weighted by molar-refractivity contribution is 7.80. The van der Waals surface area contributed by atoms with Crippen LogP contribution in [0.3, 0.4) is 0 Å². The van der Waals surface area contributed by atoms with Gasteiger partial charge in [-0.15, -0.1) is 0 Å². The quantitative estimate of drug-likeness (QED) is 0.454. The summed E-state index contributed by atoms with van der Waals surface area (Å²) in [6, 6.07) is 20.2. The molecule has 0 radical (unpaired) electrons. The van der Waals surface area contributed by atoms with Gasteiger partial charge < -0.3 is 9.15 Å². The summed E-state index contributed by atoms with van der Waals surface area (Å²) in [5.41, 5.74) is 6.66. The van der Waals surface area contributed by atoms with Gasteiger partial charge in [0.15, 0.2) is 17.5 Å². The molecule has 0 aliphatic heterocycles. The summed E-state index contributed by atoms with van der Waals surface area (Å²) in [7, 11) is 0. The Bertz CT molecular complexity index is 959. The molecule has 28 heavy (non-hydrogen) atoms. The van der Waals surface area contributed by atoms with E-state index >= 15 is 0 Å². The molecule has 3 rings (SSSR count). The Morgan fingerprint density at radius 2 is 1.68 bits per heavy atom. The molecule has 0 saturated carbocycles. The molecule has 0 aliphatic carbocycles. The Balaban J connectivity index is 1.49. The van der Waals surface area contributed by atoms with E-state index in [-0.39, 0.29) is 17.5 Å². The highest BCUT2D eigenvalue weighted by atomic mass is 32.1. The zero-order valence-electron chi connectivity index (χ0n) is 14.7. The predicted molar refractivity (Wildman–Crippen MR) is 107 cm³/mol. The van der Waals surface area contributed by atoms with Crippen LogP contribution in [0.2, 0.25) is 0 Å². The van der Waals surface area contributed by atoms with Crippen molar-refractivity contribution in [2.24, 2.45) is 0 Å². The van der Waals surface area contributed by atoms with Crippen molar-refractivity contribution >= 4 is 29.1 Å². The van der Waals surface area contributed by atoms with Crippen molar-refractivity contribution < 1.29 is 18.7 Å². The molecule has 0 fully saturated rings. The molecule has 3 aromatic rings. The van der Waals surface area contributed by atoms with E-state index < -0.39 is 11.8 Å². The third-order valence-corrected chi connectivity index (χ3v) is 3.82. The number of rotatable bonds is 5. The fraction of sp³-hybridized carbons (Fsp3) is 0.0500. The first-order valence-electron chi connectivity index (χ1n) is 8.34.